The molecule has 0 saturated carbocycles. The van der Waals surface area contributed by atoms with E-state index in [9.17, 15) is 4.39 Å². The van der Waals surface area contributed by atoms with Gasteiger partial charge in [0, 0.05) is 50.4 Å². The lowest BCUT2D eigenvalue weighted by molar-refractivity contribution is 0.316. The fraction of sp³-hybridized carbons (Fsp3) is 0.400. The SMILES string of the molecule is Cn1nccc1CN1CC[C@H](c2cc(CCOc3cccc(F)c3)[nH]n2)C1. The Morgan fingerprint density at radius 1 is 1.30 bits per heavy atom. The molecule has 1 fully saturated rings. The second-order valence-corrected chi connectivity index (χ2v) is 7.04. The molecule has 3 heterocycles. The smallest absolute Gasteiger partial charge is 0.126 e. The molecule has 4 rings (SSSR count). The number of hydrogen-bond acceptors (Lipinski definition) is 4. The van der Waals surface area contributed by atoms with Crippen molar-refractivity contribution in [3.05, 3.63) is 65.5 Å². The van der Waals surface area contributed by atoms with Gasteiger partial charge in [0.2, 0.25) is 0 Å². The van der Waals surface area contributed by atoms with Gasteiger partial charge in [-0.1, -0.05) is 6.07 Å². The van der Waals surface area contributed by atoms with E-state index in [-0.39, 0.29) is 5.82 Å². The highest BCUT2D eigenvalue weighted by Gasteiger charge is 2.26. The fourth-order valence-corrected chi connectivity index (χ4v) is 3.56. The van der Waals surface area contributed by atoms with Crippen molar-refractivity contribution in [3.63, 3.8) is 0 Å². The van der Waals surface area contributed by atoms with E-state index in [0.717, 1.165) is 43.9 Å². The first-order valence-corrected chi connectivity index (χ1v) is 9.29. The zero-order chi connectivity index (χ0) is 18.6. The summed E-state index contributed by atoms with van der Waals surface area (Å²) in [5, 5.41) is 11.8. The number of H-pyrrole nitrogens is 1. The third-order valence-corrected chi connectivity index (χ3v) is 5.09. The molecule has 1 aromatic carbocycles. The Morgan fingerprint density at radius 3 is 3.04 bits per heavy atom. The van der Waals surface area contributed by atoms with Crippen LogP contribution in [-0.4, -0.2) is 44.6 Å². The van der Waals surface area contributed by atoms with Crippen molar-refractivity contribution in [2.75, 3.05) is 19.7 Å². The summed E-state index contributed by atoms with van der Waals surface area (Å²) in [6.45, 7) is 3.49. The van der Waals surface area contributed by atoms with Crippen LogP contribution < -0.4 is 4.74 Å². The second kappa shape index (κ2) is 7.92. The summed E-state index contributed by atoms with van der Waals surface area (Å²) in [4.78, 5) is 2.45. The van der Waals surface area contributed by atoms with Gasteiger partial charge >= 0.3 is 0 Å². The first-order valence-electron chi connectivity index (χ1n) is 9.29. The van der Waals surface area contributed by atoms with Crippen molar-refractivity contribution < 1.29 is 9.13 Å². The van der Waals surface area contributed by atoms with Crippen LogP contribution in [0.2, 0.25) is 0 Å². The molecule has 0 unspecified atom stereocenters. The minimum atomic E-state index is -0.284. The lowest BCUT2D eigenvalue weighted by Gasteiger charge is -2.15. The van der Waals surface area contributed by atoms with E-state index in [2.05, 4.69) is 32.3 Å². The normalized spacial score (nSPS) is 17.5. The van der Waals surface area contributed by atoms with Gasteiger partial charge in [-0.05, 0) is 37.2 Å². The van der Waals surface area contributed by atoms with Gasteiger partial charge in [0.1, 0.15) is 11.6 Å². The van der Waals surface area contributed by atoms with Crippen LogP contribution in [0.1, 0.15) is 29.4 Å². The molecule has 1 N–H and O–H groups in total. The van der Waals surface area contributed by atoms with Gasteiger partial charge in [-0.3, -0.25) is 14.7 Å². The number of ether oxygens (including phenoxy) is 1. The number of nitrogens with one attached hydrogen (secondary N) is 1. The number of likely N-dealkylation sites (tertiary alicyclic amines) is 1. The zero-order valence-corrected chi connectivity index (χ0v) is 15.4. The summed E-state index contributed by atoms with van der Waals surface area (Å²) >= 11 is 0. The monoisotopic (exact) mass is 369 g/mol. The Labute approximate surface area is 158 Å². The summed E-state index contributed by atoms with van der Waals surface area (Å²) in [6.07, 6.45) is 3.67. The molecule has 0 radical (unpaired) electrons. The van der Waals surface area contributed by atoms with E-state index in [0.29, 0.717) is 18.3 Å². The molecule has 3 aromatic rings. The minimum absolute atomic E-state index is 0.284. The Morgan fingerprint density at radius 2 is 2.22 bits per heavy atom. The maximum Gasteiger partial charge on any atom is 0.126 e. The van der Waals surface area contributed by atoms with Crippen LogP contribution >= 0.6 is 0 Å². The predicted molar refractivity (Wildman–Crippen MR) is 100 cm³/mol. The van der Waals surface area contributed by atoms with E-state index in [1.54, 1.807) is 12.1 Å². The molecule has 1 aliphatic heterocycles. The summed E-state index contributed by atoms with van der Waals surface area (Å²) < 4.78 is 20.7. The molecule has 0 aliphatic carbocycles. The van der Waals surface area contributed by atoms with Gasteiger partial charge in [-0.15, -0.1) is 0 Å². The van der Waals surface area contributed by atoms with Crippen LogP contribution in [0.5, 0.6) is 5.75 Å². The Balaban J connectivity index is 1.27. The van der Waals surface area contributed by atoms with Gasteiger partial charge in [-0.2, -0.15) is 10.2 Å². The van der Waals surface area contributed by atoms with Crippen LogP contribution in [0.4, 0.5) is 4.39 Å². The van der Waals surface area contributed by atoms with Gasteiger partial charge < -0.3 is 4.74 Å². The van der Waals surface area contributed by atoms with Crippen LogP contribution in [0.3, 0.4) is 0 Å². The summed E-state index contributed by atoms with van der Waals surface area (Å²) in [7, 11) is 1.98. The number of aromatic nitrogens is 4. The molecule has 1 aliphatic rings. The largest absolute Gasteiger partial charge is 0.493 e. The van der Waals surface area contributed by atoms with Gasteiger partial charge in [0.05, 0.1) is 18.0 Å². The highest BCUT2D eigenvalue weighted by Crippen LogP contribution is 2.27. The van der Waals surface area contributed by atoms with E-state index in [4.69, 9.17) is 4.74 Å². The molecule has 142 valence electrons. The third kappa shape index (κ3) is 4.36. The first-order chi connectivity index (χ1) is 13.2. The number of halogens is 1. The maximum atomic E-state index is 13.2. The molecule has 0 spiro atoms. The summed E-state index contributed by atoms with van der Waals surface area (Å²) in [5.74, 6) is 0.719. The highest BCUT2D eigenvalue weighted by atomic mass is 19.1. The van der Waals surface area contributed by atoms with Gasteiger partial charge in [0.25, 0.3) is 0 Å². The number of rotatable bonds is 7. The first kappa shape index (κ1) is 17.7. The average Bonchev–Trinajstić information content (AvgIpc) is 3.38. The molecule has 0 amide bonds. The molecular weight excluding hydrogens is 345 g/mol. The zero-order valence-electron chi connectivity index (χ0n) is 15.4. The minimum Gasteiger partial charge on any atom is -0.493 e. The summed E-state index contributed by atoms with van der Waals surface area (Å²) in [5.41, 5.74) is 3.39. The quantitative estimate of drug-likeness (QED) is 0.696. The maximum absolute atomic E-state index is 13.2. The third-order valence-electron chi connectivity index (χ3n) is 5.09. The molecule has 1 saturated heterocycles. The number of benzene rings is 1. The van der Waals surface area contributed by atoms with Crippen LogP contribution in [-0.2, 0) is 20.0 Å². The molecule has 6 nitrogen and oxygen atoms in total. The number of nitrogens with zero attached hydrogens (tertiary/aromatic N) is 4. The van der Waals surface area contributed by atoms with Crippen molar-refractivity contribution in [1.82, 2.24) is 24.9 Å². The Bertz CT molecular complexity index is 890. The molecule has 1 atom stereocenters. The van der Waals surface area contributed by atoms with Gasteiger partial charge in [0.15, 0.2) is 0 Å². The van der Waals surface area contributed by atoms with E-state index >= 15 is 0 Å². The van der Waals surface area contributed by atoms with Crippen molar-refractivity contribution in [3.8, 4) is 5.75 Å². The average molecular weight is 369 g/mol. The van der Waals surface area contributed by atoms with Crippen LogP contribution in [0, 0.1) is 5.82 Å². The molecule has 2 aromatic heterocycles. The lowest BCUT2D eigenvalue weighted by atomic mass is 10.0. The number of hydrogen-bond donors (Lipinski definition) is 1. The van der Waals surface area contributed by atoms with Crippen molar-refractivity contribution >= 4 is 0 Å². The van der Waals surface area contributed by atoms with Crippen molar-refractivity contribution in [2.45, 2.75) is 25.3 Å². The van der Waals surface area contributed by atoms with Crippen molar-refractivity contribution in [1.29, 1.82) is 0 Å². The van der Waals surface area contributed by atoms with Gasteiger partial charge in [-0.25, -0.2) is 4.39 Å². The molecule has 7 heteroatoms. The fourth-order valence-electron chi connectivity index (χ4n) is 3.56. The van der Waals surface area contributed by atoms with E-state index in [1.165, 1.54) is 17.8 Å². The molecule has 0 bridgehead atoms. The second-order valence-electron chi connectivity index (χ2n) is 7.04. The Kier molecular flexibility index (Phi) is 5.20. The topological polar surface area (TPSA) is 59.0 Å². The molecular formula is C20H24FN5O. The van der Waals surface area contributed by atoms with Crippen LogP contribution in [0.25, 0.3) is 0 Å². The summed E-state index contributed by atoms with van der Waals surface area (Å²) in [6, 6.07) is 10.4. The Hall–Kier alpha value is -2.67. The standard InChI is InChI=1S/C20H24FN5O/c1-25-18(5-8-22-25)14-26-9-6-15(13-26)20-12-17(23-24-20)7-10-27-19-4-2-3-16(21)11-19/h2-5,8,11-12,15H,6-7,9-10,13-14H2,1H3,(H,23,24)/t15-/m0/s1. The number of aromatic amines is 1. The van der Waals surface area contributed by atoms with Crippen molar-refractivity contribution in [2.24, 2.45) is 7.05 Å². The van der Waals surface area contributed by atoms with E-state index in [1.807, 2.05) is 17.9 Å². The predicted octanol–water partition coefficient (Wildman–Crippen LogP) is 2.89. The molecule has 27 heavy (non-hydrogen) atoms. The lowest BCUT2D eigenvalue weighted by Crippen LogP contribution is -2.21. The van der Waals surface area contributed by atoms with Crippen LogP contribution in [0.15, 0.2) is 42.6 Å². The highest BCUT2D eigenvalue weighted by molar-refractivity contribution is 5.22. The number of aryl methyl sites for hydroxylation is 1. The van der Waals surface area contributed by atoms with E-state index < -0.39 is 0 Å².